The van der Waals surface area contributed by atoms with Crippen LogP contribution in [0.2, 0.25) is 0 Å². The Hall–Kier alpha value is -1.24. The molecule has 1 heterocycles. The van der Waals surface area contributed by atoms with E-state index in [0.29, 0.717) is 0 Å². The predicted molar refractivity (Wildman–Crippen MR) is 77.3 cm³/mol. The van der Waals surface area contributed by atoms with E-state index >= 15 is 0 Å². The van der Waals surface area contributed by atoms with E-state index in [1.54, 1.807) is 0 Å². The van der Waals surface area contributed by atoms with Crippen molar-refractivity contribution >= 4 is 12.6 Å². The standard InChI is InChI=1S/C16H19BO2/c1-15(2)16(3,4)19-17(18-15)14-10-9-12-7-5-6-8-13(12)11-14/h9-11H,7-8H2,1-4H3. The minimum absolute atomic E-state index is 0.273. The van der Waals surface area contributed by atoms with Crippen molar-refractivity contribution in [3.63, 3.8) is 0 Å². The summed E-state index contributed by atoms with van der Waals surface area (Å²) >= 11 is 0. The largest absolute Gasteiger partial charge is 0.494 e. The van der Waals surface area contributed by atoms with Crippen molar-refractivity contribution in [2.24, 2.45) is 0 Å². The molecule has 2 nitrogen and oxygen atoms in total. The van der Waals surface area contributed by atoms with Crippen molar-refractivity contribution in [3.05, 3.63) is 29.3 Å². The van der Waals surface area contributed by atoms with Crippen molar-refractivity contribution < 1.29 is 9.31 Å². The van der Waals surface area contributed by atoms with Crippen molar-refractivity contribution in [1.29, 1.82) is 0 Å². The molecule has 1 saturated heterocycles. The lowest BCUT2D eigenvalue weighted by molar-refractivity contribution is 0.00578. The molecule has 1 aromatic rings. The highest BCUT2D eigenvalue weighted by Gasteiger charge is 2.51. The Bertz CT molecular complexity index is 562. The summed E-state index contributed by atoms with van der Waals surface area (Å²) in [6.07, 6.45) is 1.70. The monoisotopic (exact) mass is 254 g/mol. The minimum atomic E-state index is -0.284. The molecular formula is C16H19BO2. The maximum Gasteiger partial charge on any atom is 0.494 e. The topological polar surface area (TPSA) is 18.5 Å². The van der Waals surface area contributed by atoms with Crippen molar-refractivity contribution in [1.82, 2.24) is 0 Å². The van der Waals surface area contributed by atoms with Crippen molar-refractivity contribution in [2.75, 3.05) is 0 Å². The van der Waals surface area contributed by atoms with Crippen LogP contribution in [0.1, 0.15) is 38.8 Å². The SMILES string of the molecule is CC1(C)OB(c2ccc3c(c2)CC#CC3)OC1(C)C. The molecule has 0 amide bonds. The molecule has 98 valence electrons. The van der Waals surface area contributed by atoms with Gasteiger partial charge in [-0.05, 0) is 44.3 Å². The molecule has 0 aromatic heterocycles. The van der Waals surface area contributed by atoms with Crippen LogP contribution in [-0.4, -0.2) is 18.3 Å². The summed E-state index contributed by atoms with van der Waals surface area (Å²) in [6, 6.07) is 6.45. The molecule has 1 aliphatic carbocycles. The van der Waals surface area contributed by atoms with Gasteiger partial charge >= 0.3 is 7.12 Å². The molecule has 1 aromatic carbocycles. The zero-order valence-electron chi connectivity index (χ0n) is 12.0. The van der Waals surface area contributed by atoms with Crippen LogP contribution >= 0.6 is 0 Å². The van der Waals surface area contributed by atoms with E-state index in [2.05, 4.69) is 57.7 Å². The van der Waals surface area contributed by atoms with E-state index in [1.165, 1.54) is 11.1 Å². The lowest BCUT2D eigenvalue weighted by Gasteiger charge is -2.32. The second-order valence-corrected chi connectivity index (χ2v) is 6.32. The third-order valence-corrected chi connectivity index (χ3v) is 4.44. The summed E-state index contributed by atoms with van der Waals surface area (Å²) in [5.41, 5.74) is 3.17. The first-order valence-corrected chi connectivity index (χ1v) is 6.82. The number of hydrogen-bond donors (Lipinski definition) is 0. The van der Waals surface area contributed by atoms with Crippen LogP contribution in [-0.2, 0) is 22.2 Å². The Morgan fingerprint density at radius 2 is 1.53 bits per heavy atom. The van der Waals surface area contributed by atoms with Gasteiger partial charge in [-0.25, -0.2) is 0 Å². The maximum atomic E-state index is 6.08. The molecule has 0 radical (unpaired) electrons. The van der Waals surface area contributed by atoms with Crippen molar-refractivity contribution in [2.45, 2.75) is 51.7 Å². The molecule has 1 aliphatic heterocycles. The van der Waals surface area contributed by atoms with Gasteiger partial charge in [0.25, 0.3) is 0 Å². The molecule has 0 atom stereocenters. The second-order valence-electron chi connectivity index (χ2n) is 6.32. The van der Waals surface area contributed by atoms with E-state index in [-0.39, 0.29) is 18.3 Å². The fraction of sp³-hybridized carbons (Fsp3) is 0.500. The number of fused-ring (bicyclic) bond motifs is 1. The van der Waals surface area contributed by atoms with Crippen LogP contribution < -0.4 is 5.46 Å². The summed E-state index contributed by atoms with van der Waals surface area (Å²) in [5.74, 6) is 6.30. The van der Waals surface area contributed by atoms with E-state index in [9.17, 15) is 0 Å². The highest BCUT2D eigenvalue weighted by Crippen LogP contribution is 2.36. The normalized spacial score (nSPS) is 22.6. The van der Waals surface area contributed by atoms with Gasteiger partial charge in [-0.2, -0.15) is 0 Å². The third-order valence-electron chi connectivity index (χ3n) is 4.44. The van der Waals surface area contributed by atoms with Crippen LogP contribution in [0.15, 0.2) is 18.2 Å². The molecular weight excluding hydrogens is 235 g/mol. The Kier molecular flexibility index (Phi) is 2.78. The van der Waals surface area contributed by atoms with Gasteiger partial charge in [0.1, 0.15) is 0 Å². The molecule has 0 unspecified atom stereocenters. The van der Waals surface area contributed by atoms with E-state index in [0.717, 1.165) is 18.3 Å². The lowest BCUT2D eigenvalue weighted by Crippen LogP contribution is -2.41. The summed E-state index contributed by atoms with van der Waals surface area (Å²) in [7, 11) is -0.273. The van der Waals surface area contributed by atoms with Crippen molar-refractivity contribution in [3.8, 4) is 11.8 Å². The Labute approximate surface area is 115 Å². The average molecular weight is 254 g/mol. The van der Waals surface area contributed by atoms with Gasteiger partial charge in [-0.15, -0.1) is 0 Å². The summed E-state index contributed by atoms with van der Waals surface area (Å²) in [5, 5.41) is 0. The van der Waals surface area contributed by atoms with E-state index < -0.39 is 0 Å². The fourth-order valence-corrected chi connectivity index (χ4v) is 2.42. The predicted octanol–water partition coefficient (Wildman–Crippen LogP) is 2.09. The Morgan fingerprint density at radius 3 is 2.16 bits per heavy atom. The Balaban J connectivity index is 1.90. The molecule has 0 bridgehead atoms. The Morgan fingerprint density at radius 1 is 0.947 bits per heavy atom. The molecule has 3 rings (SSSR count). The smallest absolute Gasteiger partial charge is 0.399 e. The van der Waals surface area contributed by atoms with Crippen LogP contribution in [0.3, 0.4) is 0 Å². The lowest BCUT2D eigenvalue weighted by atomic mass is 9.77. The van der Waals surface area contributed by atoms with Gasteiger partial charge < -0.3 is 9.31 Å². The zero-order valence-corrected chi connectivity index (χ0v) is 12.0. The van der Waals surface area contributed by atoms with Gasteiger partial charge in [-0.3, -0.25) is 0 Å². The highest BCUT2D eigenvalue weighted by molar-refractivity contribution is 6.62. The number of hydrogen-bond acceptors (Lipinski definition) is 2. The molecule has 3 heteroatoms. The average Bonchev–Trinajstić information content (AvgIpc) is 2.58. The van der Waals surface area contributed by atoms with Crippen LogP contribution in [0, 0.1) is 11.8 Å². The first-order chi connectivity index (χ1) is 8.89. The third kappa shape index (κ3) is 2.10. The van der Waals surface area contributed by atoms with Gasteiger partial charge in [0, 0.05) is 12.8 Å². The van der Waals surface area contributed by atoms with Crippen LogP contribution in [0.25, 0.3) is 0 Å². The summed E-state index contributed by atoms with van der Waals surface area (Å²) in [4.78, 5) is 0. The second kappa shape index (κ2) is 4.13. The maximum absolute atomic E-state index is 6.08. The summed E-state index contributed by atoms with van der Waals surface area (Å²) in [6.45, 7) is 8.32. The van der Waals surface area contributed by atoms with E-state index in [4.69, 9.17) is 9.31 Å². The van der Waals surface area contributed by atoms with Gasteiger partial charge in [-0.1, -0.05) is 30.0 Å². The van der Waals surface area contributed by atoms with Crippen LogP contribution in [0.4, 0.5) is 0 Å². The molecule has 0 spiro atoms. The summed E-state index contributed by atoms with van der Waals surface area (Å²) < 4.78 is 12.2. The molecule has 1 fully saturated rings. The van der Waals surface area contributed by atoms with Gasteiger partial charge in [0.2, 0.25) is 0 Å². The minimum Gasteiger partial charge on any atom is -0.399 e. The number of rotatable bonds is 1. The quantitative estimate of drug-likeness (QED) is 0.564. The van der Waals surface area contributed by atoms with Gasteiger partial charge in [0.15, 0.2) is 0 Å². The van der Waals surface area contributed by atoms with Crippen LogP contribution in [0.5, 0.6) is 0 Å². The highest BCUT2D eigenvalue weighted by atomic mass is 16.7. The first kappa shape index (κ1) is 12.8. The molecule has 2 aliphatic rings. The molecule has 0 N–H and O–H groups in total. The van der Waals surface area contributed by atoms with E-state index in [1.807, 2.05) is 0 Å². The zero-order chi connectivity index (χ0) is 13.7. The van der Waals surface area contributed by atoms with Gasteiger partial charge in [0.05, 0.1) is 11.2 Å². The molecule has 0 saturated carbocycles. The fourth-order valence-electron chi connectivity index (χ4n) is 2.42. The molecule has 19 heavy (non-hydrogen) atoms. The number of benzene rings is 1. The first-order valence-electron chi connectivity index (χ1n) is 6.82.